The molecule has 0 spiro atoms. The second-order valence-corrected chi connectivity index (χ2v) is 7.60. The van der Waals surface area contributed by atoms with Gasteiger partial charge in [-0.15, -0.1) is 5.10 Å². The minimum Gasteiger partial charge on any atom is -0.508 e. The molecule has 0 saturated heterocycles. The van der Waals surface area contributed by atoms with Crippen LogP contribution in [0.1, 0.15) is 15.9 Å². The smallest absolute Gasteiger partial charge is 0.261 e. The number of amides is 1. The lowest BCUT2D eigenvalue weighted by molar-refractivity contribution is 0.102. The summed E-state index contributed by atoms with van der Waals surface area (Å²) in [6.45, 7) is 1.79. The van der Waals surface area contributed by atoms with Crippen molar-refractivity contribution in [1.82, 2.24) is 0 Å². The zero-order valence-corrected chi connectivity index (χ0v) is 17.6. The summed E-state index contributed by atoms with van der Waals surface area (Å²) < 4.78 is 6.84. The molecule has 30 heavy (non-hydrogen) atoms. The number of aromatic hydroxyl groups is 1. The third kappa shape index (κ3) is 4.36. The third-order valence-corrected chi connectivity index (χ3v) is 5.03. The van der Waals surface area contributed by atoms with Crippen molar-refractivity contribution >= 4 is 44.2 Å². The summed E-state index contributed by atoms with van der Waals surface area (Å²) >= 11 is 3.39. The van der Waals surface area contributed by atoms with E-state index in [-0.39, 0.29) is 16.9 Å². The number of para-hydroxylation sites is 1. The molecule has 3 aromatic carbocycles. The van der Waals surface area contributed by atoms with Crippen molar-refractivity contribution in [3.05, 3.63) is 94.0 Å². The fraction of sp³-hybridized carbons (Fsp3) is 0.0435. The molecule has 150 valence electrons. The Balaban J connectivity index is 1.73. The second-order valence-electron chi connectivity index (χ2n) is 6.69. The number of benzene rings is 3. The van der Waals surface area contributed by atoms with Crippen molar-refractivity contribution in [2.75, 3.05) is 10.7 Å². The highest BCUT2D eigenvalue weighted by Gasteiger charge is 2.13. The highest BCUT2D eigenvalue weighted by atomic mass is 79.9. The first-order chi connectivity index (χ1) is 14.5. The van der Waals surface area contributed by atoms with E-state index in [1.165, 1.54) is 6.07 Å². The van der Waals surface area contributed by atoms with Crippen LogP contribution >= 0.6 is 15.9 Å². The van der Waals surface area contributed by atoms with Gasteiger partial charge in [-0.1, -0.05) is 40.2 Å². The van der Waals surface area contributed by atoms with Gasteiger partial charge in [0.25, 0.3) is 5.91 Å². The van der Waals surface area contributed by atoms with Crippen LogP contribution in [0.15, 0.2) is 86.8 Å². The number of nitrogens with one attached hydrogen (secondary N) is 2. The normalized spacial score (nSPS) is 11.5. The molecule has 0 unspecified atom stereocenters. The van der Waals surface area contributed by atoms with Crippen molar-refractivity contribution in [2.24, 2.45) is 5.10 Å². The van der Waals surface area contributed by atoms with E-state index < -0.39 is 5.91 Å². The molecule has 0 bridgehead atoms. The highest BCUT2D eigenvalue weighted by molar-refractivity contribution is 9.10. The molecule has 1 aromatic heterocycles. The van der Waals surface area contributed by atoms with E-state index in [4.69, 9.17) is 4.42 Å². The number of fused-ring (bicyclic) bond motifs is 1. The van der Waals surface area contributed by atoms with Crippen LogP contribution in [0.4, 0.5) is 11.4 Å². The largest absolute Gasteiger partial charge is 0.508 e. The van der Waals surface area contributed by atoms with Crippen LogP contribution in [0.2, 0.25) is 0 Å². The number of carbonyl (C=O) groups is 1. The summed E-state index contributed by atoms with van der Waals surface area (Å²) in [5.74, 6) is -0.290. The van der Waals surface area contributed by atoms with E-state index in [1.807, 2.05) is 48.5 Å². The highest BCUT2D eigenvalue weighted by Crippen LogP contribution is 2.21. The van der Waals surface area contributed by atoms with Gasteiger partial charge >= 0.3 is 0 Å². The molecule has 7 heteroatoms. The first-order valence-electron chi connectivity index (χ1n) is 9.19. The zero-order chi connectivity index (χ0) is 21.1. The Hall–Kier alpha value is -3.58. The van der Waals surface area contributed by atoms with Crippen LogP contribution < -0.4 is 16.3 Å². The third-order valence-electron chi connectivity index (χ3n) is 4.50. The van der Waals surface area contributed by atoms with Gasteiger partial charge in [-0.2, -0.15) is 0 Å². The number of anilines is 2. The summed E-state index contributed by atoms with van der Waals surface area (Å²) in [5, 5.41) is 17.8. The van der Waals surface area contributed by atoms with E-state index in [1.54, 1.807) is 25.1 Å². The molecule has 0 aliphatic heterocycles. The van der Waals surface area contributed by atoms with E-state index in [9.17, 15) is 9.90 Å². The molecule has 1 heterocycles. The molecule has 0 atom stereocenters. The summed E-state index contributed by atoms with van der Waals surface area (Å²) in [6, 6.07) is 21.5. The molecule has 4 aromatic rings. The van der Waals surface area contributed by atoms with E-state index >= 15 is 0 Å². The maximum absolute atomic E-state index is 13.0. The average molecular weight is 464 g/mol. The first-order valence-corrected chi connectivity index (χ1v) is 9.98. The fourth-order valence-electron chi connectivity index (χ4n) is 2.84. The Labute approximate surface area is 181 Å². The van der Waals surface area contributed by atoms with Gasteiger partial charge in [0.2, 0.25) is 5.55 Å². The first kappa shape index (κ1) is 19.7. The molecule has 1 amide bonds. The maximum Gasteiger partial charge on any atom is 0.261 e. The van der Waals surface area contributed by atoms with Crippen LogP contribution in [-0.4, -0.2) is 11.0 Å². The van der Waals surface area contributed by atoms with Crippen molar-refractivity contribution in [3.63, 3.8) is 0 Å². The van der Waals surface area contributed by atoms with Crippen LogP contribution in [0.3, 0.4) is 0 Å². The molecular formula is C23H18BrN3O3. The predicted octanol–water partition coefficient (Wildman–Crippen LogP) is 5.39. The van der Waals surface area contributed by atoms with E-state index in [0.717, 1.165) is 21.1 Å². The molecule has 0 aliphatic carbocycles. The number of phenols is 1. The Kier molecular flexibility index (Phi) is 5.54. The van der Waals surface area contributed by atoms with Crippen LogP contribution in [0.5, 0.6) is 5.75 Å². The van der Waals surface area contributed by atoms with Crippen LogP contribution in [-0.2, 0) is 0 Å². The summed E-state index contributed by atoms with van der Waals surface area (Å²) in [5.41, 5.74) is 5.88. The van der Waals surface area contributed by atoms with Gasteiger partial charge < -0.3 is 14.8 Å². The number of halogens is 1. The van der Waals surface area contributed by atoms with E-state index in [2.05, 4.69) is 31.8 Å². The maximum atomic E-state index is 13.0. The Morgan fingerprint density at radius 1 is 1.00 bits per heavy atom. The molecule has 6 nitrogen and oxygen atoms in total. The van der Waals surface area contributed by atoms with Gasteiger partial charge in [-0.05, 0) is 55.0 Å². The predicted molar refractivity (Wildman–Crippen MR) is 120 cm³/mol. The quantitative estimate of drug-likeness (QED) is 0.354. The van der Waals surface area contributed by atoms with Crippen molar-refractivity contribution < 1.29 is 14.3 Å². The monoisotopic (exact) mass is 463 g/mol. The minimum atomic E-state index is -0.399. The zero-order valence-electron chi connectivity index (χ0n) is 16.0. The number of carbonyl (C=O) groups excluding carboxylic acids is 1. The number of rotatable bonds is 4. The number of nitrogens with zero attached hydrogens (tertiary/aromatic N) is 1. The minimum absolute atomic E-state index is 0.109. The lowest BCUT2D eigenvalue weighted by atomic mass is 10.1. The molecule has 0 aliphatic rings. The van der Waals surface area contributed by atoms with Crippen molar-refractivity contribution in [2.45, 2.75) is 6.92 Å². The standard InChI is InChI=1S/C23H18BrN3O3/c1-14-6-9-18(13-20(14)28)25-22(29)19-12-15-4-2-3-5-21(15)30-23(19)27-26-17-10-7-16(24)8-11-17/h2-13,26,28H,1H3,(H,25,29)/b27-23+. The summed E-state index contributed by atoms with van der Waals surface area (Å²) in [7, 11) is 0. The van der Waals surface area contributed by atoms with Gasteiger partial charge in [-0.3, -0.25) is 10.2 Å². The Morgan fingerprint density at radius 2 is 1.73 bits per heavy atom. The van der Waals surface area contributed by atoms with Gasteiger partial charge in [0.05, 0.1) is 5.69 Å². The fourth-order valence-corrected chi connectivity index (χ4v) is 3.10. The lowest BCUT2D eigenvalue weighted by Gasteiger charge is -2.08. The van der Waals surface area contributed by atoms with Crippen LogP contribution in [0, 0.1) is 6.92 Å². The van der Waals surface area contributed by atoms with Gasteiger partial charge in [0.1, 0.15) is 16.9 Å². The van der Waals surface area contributed by atoms with Gasteiger partial charge in [-0.25, -0.2) is 0 Å². The molecule has 0 saturated carbocycles. The Bertz CT molecular complexity index is 1300. The molecular weight excluding hydrogens is 446 g/mol. The SMILES string of the molecule is Cc1ccc(NC(=O)c2cc3ccccc3o/c2=N/Nc2ccc(Br)cc2)cc1O. The van der Waals surface area contributed by atoms with Crippen LogP contribution in [0.25, 0.3) is 11.0 Å². The molecule has 0 radical (unpaired) electrons. The van der Waals surface area contributed by atoms with Crippen molar-refractivity contribution in [1.29, 1.82) is 0 Å². The van der Waals surface area contributed by atoms with Gasteiger partial charge in [0, 0.05) is 21.6 Å². The number of aryl methyl sites for hydroxylation is 1. The topological polar surface area (TPSA) is 86.9 Å². The second kappa shape index (κ2) is 8.42. The number of hydrogen-bond acceptors (Lipinski definition) is 5. The van der Waals surface area contributed by atoms with E-state index in [0.29, 0.717) is 11.3 Å². The van der Waals surface area contributed by atoms with Gasteiger partial charge in [0.15, 0.2) is 0 Å². The number of phenolic OH excluding ortho intramolecular Hbond substituents is 1. The lowest BCUT2D eigenvalue weighted by Crippen LogP contribution is -2.22. The Morgan fingerprint density at radius 3 is 2.50 bits per heavy atom. The molecule has 3 N–H and O–H groups in total. The molecule has 4 rings (SSSR count). The average Bonchev–Trinajstić information content (AvgIpc) is 2.75. The van der Waals surface area contributed by atoms with Crippen molar-refractivity contribution in [3.8, 4) is 5.75 Å². The number of hydrogen-bond donors (Lipinski definition) is 3. The summed E-state index contributed by atoms with van der Waals surface area (Å²) in [4.78, 5) is 13.0. The molecule has 0 fully saturated rings. The summed E-state index contributed by atoms with van der Waals surface area (Å²) in [6.07, 6.45) is 0.